The lowest BCUT2D eigenvalue weighted by atomic mass is 9.93. The van der Waals surface area contributed by atoms with Gasteiger partial charge in [0.25, 0.3) is 5.91 Å². The second-order valence-corrected chi connectivity index (χ2v) is 8.89. The van der Waals surface area contributed by atoms with E-state index in [0.29, 0.717) is 46.5 Å². The van der Waals surface area contributed by atoms with Crippen LogP contribution in [0.5, 0.6) is 0 Å². The van der Waals surface area contributed by atoms with Crippen molar-refractivity contribution in [3.8, 4) is 11.1 Å². The summed E-state index contributed by atoms with van der Waals surface area (Å²) in [6, 6.07) is 20.1. The molecule has 0 aliphatic heterocycles. The molecule has 0 saturated heterocycles. The van der Waals surface area contributed by atoms with Gasteiger partial charge in [-0.15, -0.1) is 0 Å². The number of nitrogens with two attached hydrogens (primary N) is 1. The molecule has 1 amide bonds. The zero-order valence-electron chi connectivity index (χ0n) is 21.4. The van der Waals surface area contributed by atoms with Crippen molar-refractivity contribution in [3.05, 3.63) is 119 Å². The predicted octanol–water partition coefficient (Wildman–Crippen LogP) is 5.59. The number of halogens is 1. The van der Waals surface area contributed by atoms with Crippen molar-refractivity contribution in [1.29, 1.82) is 0 Å². The number of anilines is 1. The van der Waals surface area contributed by atoms with Gasteiger partial charge in [0.2, 0.25) is 0 Å². The first-order chi connectivity index (χ1) is 18.9. The number of aromatic nitrogens is 1. The van der Waals surface area contributed by atoms with Gasteiger partial charge in [0.1, 0.15) is 5.82 Å². The number of ether oxygens (including phenoxy) is 1. The molecule has 8 heteroatoms. The zero-order valence-corrected chi connectivity index (χ0v) is 21.4. The molecule has 0 fully saturated rings. The van der Waals surface area contributed by atoms with Gasteiger partial charge in [-0.25, -0.2) is 9.18 Å². The Kier molecular flexibility index (Phi) is 8.91. The first-order valence-electron chi connectivity index (χ1n) is 12.5. The van der Waals surface area contributed by atoms with Crippen molar-refractivity contribution in [2.24, 2.45) is 5.73 Å². The molecular formula is C31H28FN3O4. The Morgan fingerprint density at radius 3 is 2.49 bits per heavy atom. The standard InChI is InChI=1S/C31H28FN3O4/c1-2-13-39-31(38)24-7-4-8-26(15-24)35-30(37)23-6-3-5-20(14-23)27-16-22(9-10-25(27)18-33)29(36)17-21-11-12-34-19-28(21)32/h3-12,14-16,19H,2,13,17-18,33H2,1H3,(H,35,37). The summed E-state index contributed by atoms with van der Waals surface area (Å²) < 4.78 is 19.2. The van der Waals surface area contributed by atoms with E-state index in [9.17, 15) is 18.8 Å². The van der Waals surface area contributed by atoms with Gasteiger partial charge in [-0.05, 0) is 71.1 Å². The molecule has 0 radical (unpaired) electrons. The number of hydrogen-bond donors (Lipinski definition) is 2. The number of esters is 1. The average Bonchev–Trinajstić information content (AvgIpc) is 2.96. The molecule has 0 spiro atoms. The van der Waals surface area contributed by atoms with Crippen LogP contribution in [0.4, 0.5) is 10.1 Å². The Bertz CT molecular complexity index is 1520. The Labute approximate surface area is 225 Å². The maximum absolute atomic E-state index is 14.0. The Balaban J connectivity index is 1.56. The lowest BCUT2D eigenvalue weighted by Gasteiger charge is -2.13. The summed E-state index contributed by atoms with van der Waals surface area (Å²) in [6.07, 6.45) is 3.13. The first-order valence-corrected chi connectivity index (χ1v) is 12.5. The molecule has 0 atom stereocenters. The molecule has 4 rings (SSSR count). The number of benzene rings is 3. The first kappa shape index (κ1) is 27.3. The number of pyridine rings is 1. The van der Waals surface area contributed by atoms with Crippen LogP contribution in [0.1, 0.15) is 55.5 Å². The highest BCUT2D eigenvalue weighted by atomic mass is 19.1. The highest BCUT2D eigenvalue weighted by Gasteiger charge is 2.15. The van der Waals surface area contributed by atoms with Gasteiger partial charge in [0.15, 0.2) is 5.78 Å². The normalized spacial score (nSPS) is 10.6. The number of ketones is 1. The summed E-state index contributed by atoms with van der Waals surface area (Å²) in [5.41, 5.74) is 10.0. The molecule has 0 aliphatic carbocycles. The molecule has 0 unspecified atom stereocenters. The molecule has 1 heterocycles. The Hall–Kier alpha value is -4.69. The fourth-order valence-corrected chi connectivity index (χ4v) is 4.05. The third-order valence-corrected chi connectivity index (χ3v) is 6.09. The molecule has 1 aromatic heterocycles. The van der Waals surface area contributed by atoms with Crippen LogP contribution < -0.4 is 11.1 Å². The van der Waals surface area contributed by atoms with Gasteiger partial charge in [-0.1, -0.05) is 37.3 Å². The van der Waals surface area contributed by atoms with E-state index in [1.807, 2.05) is 13.0 Å². The number of hydrogen-bond acceptors (Lipinski definition) is 6. The Morgan fingerprint density at radius 2 is 1.72 bits per heavy atom. The van der Waals surface area contributed by atoms with Crippen LogP contribution in [0, 0.1) is 5.82 Å². The SMILES string of the molecule is CCCOC(=O)c1cccc(NC(=O)c2cccc(-c3cc(C(=O)Cc4ccncc4F)ccc3CN)c2)c1. The van der Waals surface area contributed by atoms with Crippen LogP contribution in [0.2, 0.25) is 0 Å². The fourth-order valence-electron chi connectivity index (χ4n) is 4.05. The van der Waals surface area contributed by atoms with Gasteiger partial charge in [-0.2, -0.15) is 0 Å². The lowest BCUT2D eigenvalue weighted by molar-refractivity contribution is 0.0505. The van der Waals surface area contributed by atoms with Gasteiger partial charge >= 0.3 is 5.97 Å². The summed E-state index contributed by atoms with van der Waals surface area (Å²) in [7, 11) is 0. The molecule has 0 saturated carbocycles. The highest BCUT2D eigenvalue weighted by molar-refractivity contribution is 6.06. The highest BCUT2D eigenvalue weighted by Crippen LogP contribution is 2.27. The topological polar surface area (TPSA) is 111 Å². The minimum absolute atomic E-state index is 0.108. The third-order valence-electron chi connectivity index (χ3n) is 6.09. The van der Waals surface area contributed by atoms with Crippen LogP contribution in [0.3, 0.4) is 0 Å². The van der Waals surface area contributed by atoms with E-state index in [0.717, 1.165) is 11.8 Å². The number of nitrogens with one attached hydrogen (secondary N) is 1. The molecular weight excluding hydrogens is 497 g/mol. The van der Waals surface area contributed by atoms with Crippen molar-refractivity contribution in [2.45, 2.75) is 26.3 Å². The van der Waals surface area contributed by atoms with Gasteiger partial charge in [0.05, 0.1) is 18.4 Å². The molecule has 4 aromatic rings. The van der Waals surface area contributed by atoms with Crippen molar-refractivity contribution in [1.82, 2.24) is 4.98 Å². The van der Waals surface area contributed by atoms with Crippen LogP contribution in [-0.2, 0) is 17.7 Å². The maximum atomic E-state index is 14.0. The van der Waals surface area contributed by atoms with Gasteiger partial charge in [-0.3, -0.25) is 14.6 Å². The van der Waals surface area contributed by atoms with E-state index in [4.69, 9.17) is 10.5 Å². The van der Waals surface area contributed by atoms with Gasteiger partial charge in [0, 0.05) is 36.0 Å². The van der Waals surface area contributed by atoms with E-state index in [-0.39, 0.29) is 30.2 Å². The average molecular weight is 526 g/mol. The van der Waals surface area contributed by atoms with Crippen LogP contribution in [0.15, 0.2) is 85.2 Å². The number of rotatable bonds is 10. The lowest BCUT2D eigenvalue weighted by Crippen LogP contribution is -2.13. The summed E-state index contributed by atoms with van der Waals surface area (Å²) >= 11 is 0. The minimum Gasteiger partial charge on any atom is -0.462 e. The number of carbonyl (C=O) groups is 3. The summed E-state index contributed by atoms with van der Waals surface area (Å²) in [6.45, 7) is 2.45. The molecule has 198 valence electrons. The Morgan fingerprint density at radius 1 is 0.923 bits per heavy atom. The molecule has 39 heavy (non-hydrogen) atoms. The van der Waals surface area contributed by atoms with Gasteiger partial charge < -0.3 is 15.8 Å². The van der Waals surface area contributed by atoms with E-state index in [2.05, 4.69) is 10.3 Å². The molecule has 7 nitrogen and oxygen atoms in total. The second kappa shape index (κ2) is 12.7. The molecule has 3 N–H and O–H groups in total. The van der Waals surface area contributed by atoms with Crippen molar-refractivity contribution < 1.29 is 23.5 Å². The van der Waals surface area contributed by atoms with Crippen molar-refractivity contribution in [2.75, 3.05) is 11.9 Å². The summed E-state index contributed by atoms with van der Waals surface area (Å²) in [5.74, 6) is -1.61. The fraction of sp³-hybridized carbons (Fsp3) is 0.161. The third kappa shape index (κ3) is 6.80. The predicted molar refractivity (Wildman–Crippen MR) is 147 cm³/mol. The number of amides is 1. The quantitative estimate of drug-likeness (QED) is 0.206. The summed E-state index contributed by atoms with van der Waals surface area (Å²) in [4.78, 5) is 41.9. The summed E-state index contributed by atoms with van der Waals surface area (Å²) in [5, 5.41) is 2.81. The maximum Gasteiger partial charge on any atom is 0.338 e. The molecule has 0 bridgehead atoms. The smallest absolute Gasteiger partial charge is 0.338 e. The van der Waals surface area contributed by atoms with E-state index < -0.39 is 11.8 Å². The van der Waals surface area contributed by atoms with Crippen molar-refractivity contribution >= 4 is 23.3 Å². The monoisotopic (exact) mass is 525 g/mol. The van der Waals surface area contributed by atoms with Crippen LogP contribution in [-0.4, -0.2) is 29.3 Å². The largest absolute Gasteiger partial charge is 0.462 e. The van der Waals surface area contributed by atoms with E-state index in [1.165, 1.54) is 12.3 Å². The molecule has 3 aromatic carbocycles. The molecule has 0 aliphatic rings. The number of Topliss-reactive ketones (excluding diaryl/α,β-unsaturated/α-hetero) is 1. The number of nitrogens with zero attached hydrogens (tertiary/aromatic N) is 1. The van der Waals surface area contributed by atoms with Crippen LogP contribution >= 0.6 is 0 Å². The van der Waals surface area contributed by atoms with E-state index >= 15 is 0 Å². The van der Waals surface area contributed by atoms with Crippen LogP contribution in [0.25, 0.3) is 11.1 Å². The second-order valence-electron chi connectivity index (χ2n) is 8.89. The minimum atomic E-state index is -0.535. The number of carbonyl (C=O) groups excluding carboxylic acids is 3. The zero-order chi connectivity index (χ0) is 27.8. The van der Waals surface area contributed by atoms with Crippen molar-refractivity contribution in [3.63, 3.8) is 0 Å². The van der Waals surface area contributed by atoms with E-state index in [1.54, 1.807) is 60.7 Å².